The number of aromatic nitrogens is 2. The zero-order valence-electron chi connectivity index (χ0n) is 21.8. The number of carbonyl (C=O) groups is 1. The van der Waals surface area contributed by atoms with E-state index in [4.69, 9.17) is 4.98 Å². The van der Waals surface area contributed by atoms with Crippen molar-refractivity contribution in [3.63, 3.8) is 0 Å². The van der Waals surface area contributed by atoms with Gasteiger partial charge in [0.2, 0.25) is 0 Å². The van der Waals surface area contributed by atoms with Gasteiger partial charge in [-0.25, -0.2) is 9.37 Å². The summed E-state index contributed by atoms with van der Waals surface area (Å²) in [5.74, 6) is -0.0492. The van der Waals surface area contributed by atoms with Crippen molar-refractivity contribution in [2.45, 2.75) is 58.9 Å². The van der Waals surface area contributed by atoms with Crippen molar-refractivity contribution in [1.82, 2.24) is 14.5 Å². The fourth-order valence-electron chi connectivity index (χ4n) is 4.80. The number of unbranched alkanes of at least 4 members (excludes halogenated alkanes) is 3. The van der Waals surface area contributed by atoms with Crippen LogP contribution in [-0.4, -0.2) is 26.9 Å². The van der Waals surface area contributed by atoms with Crippen LogP contribution < -0.4 is 5.56 Å². The molecule has 5 nitrogen and oxygen atoms in total. The van der Waals surface area contributed by atoms with Crippen molar-refractivity contribution in [3.05, 3.63) is 106 Å². The number of amides is 1. The number of aryl methyl sites for hydroxylation is 1. The van der Waals surface area contributed by atoms with Gasteiger partial charge in [0.25, 0.3) is 11.5 Å². The first kappa shape index (κ1) is 26.3. The molecule has 0 fully saturated rings. The highest BCUT2D eigenvalue weighted by atomic mass is 19.1. The molecular weight excluding hydrogens is 465 g/mol. The zero-order chi connectivity index (χ0) is 26.4. The van der Waals surface area contributed by atoms with Crippen molar-refractivity contribution in [2.75, 3.05) is 6.54 Å². The summed E-state index contributed by atoms with van der Waals surface area (Å²) in [5, 5.41) is 0.530. The third-order valence-electron chi connectivity index (χ3n) is 6.73. The van der Waals surface area contributed by atoms with Gasteiger partial charge in [-0.1, -0.05) is 57.4 Å². The molecule has 0 aliphatic carbocycles. The third kappa shape index (κ3) is 5.79. The van der Waals surface area contributed by atoms with Crippen LogP contribution in [0.1, 0.15) is 73.7 Å². The SMILES string of the molecule is CCCCCCN(C(=O)c1ccc(F)cc1)C(CC)c1nc2ccccc2c(=O)n1-c1cccc(C)c1. The van der Waals surface area contributed by atoms with Gasteiger partial charge in [0, 0.05) is 12.1 Å². The molecule has 6 heteroatoms. The van der Waals surface area contributed by atoms with Crippen molar-refractivity contribution < 1.29 is 9.18 Å². The molecule has 1 aromatic heterocycles. The van der Waals surface area contributed by atoms with E-state index in [0.29, 0.717) is 35.3 Å². The Morgan fingerprint density at radius 3 is 2.43 bits per heavy atom. The lowest BCUT2D eigenvalue weighted by atomic mass is 10.1. The number of para-hydroxylation sites is 1. The second-order valence-electron chi connectivity index (χ2n) is 9.46. The largest absolute Gasteiger partial charge is 0.328 e. The first-order valence-electron chi connectivity index (χ1n) is 13.1. The summed E-state index contributed by atoms with van der Waals surface area (Å²) in [6, 6.07) is 20.3. The van der Waals surface area contributed by atoms with Crippen molar-refractivity contribution in [2.24, 2.45) is 0 Å². The van der Waals surface area contributed by atoms with E-state index in [-0.39, 0.29) is 17.3 Å². The number of hydrogen-bond donors (Lipinski definition) is 0. The van der Waals surface area contributed by atoms with Gasteiger partial charge in [0.05, 0.1) is 22.6 Å². The molecule has 1 amide bonds. The smallest absolute Gasteiger partial charge is 0.266 e. The average Bonchev–Trinajstić information content (AvgIpc) is 2.90. The van der Waals surface area contributed by atoms with E-state index < -0.39 is 6.04 Å². The molecule has 192 valence electrons. The fourth-order valence-corrected chi connectivity index (χ4v) is 4.80. The molecule has 4 rings (SSSR count). The molecular formula is C31H34FN3O2. The van der Waals surface area contributed by atoms with Crippen LogP contribution >= 0.6 is 0 Å². The summed E-state index contributed by atoms with van der Waals surface area (Å²) in [5.41, 5.74) is 2.60. The summed E-state index contributed by atoms with van der Waals surface area (Å²) in [4.78, 5) is 34.5. The van der Waals surface area contributed by atoms with Crippen LogP contribution in [0.2, 0.25) is 0 Å². The summed E-state index contributed by atoms with van der Waals surface area (Å²) < 4.78 is 15.3. The van der Waals surface area contributed by atoms with E-state index in [9.17, 15) is 14.0 Å². The number of fused-ring (bicyclic) bond motifs is 1. The monoisotopic (exact) mass is 499 g/mol. The molecule has 0 radical (unpaired) electrons. The highest BCUT2D eigenvalue weighted by molar-refractivity contribution is 5.94. The predicted molar refractivity (Wildman–Crippen MR) is 147 cm³/mol. The molecule has 4 aromatic rings. The minimum atomic E-state index is -0.447. The Bertz CT molecular complexity index is 1430. The molecule has 0 aliphatic heterocycles. The predicted octanol–water partition coefficient (Wildman–Crippen LogP) is 7.01. The Morgan fingerprint density at radius 1 is 0.973 bits per heavy atom. The molecule has 1 atom stereocenters. The van der Waals surface area contributed by atoms with Crippen LogP contribution in [-0.2, 0) is 0 Å². The Hall–Kier alpha value is -3.80. The molecule has 3 aromatic carbocycles. The Labute approximate surface area is 217 Å². The number of nitrogens with zero attached hydrogens (tertiary/aromatic N) is 3. The maximum Gasteiger partial charge on any atom is 0.266 e. The van der Waals surface area contributed by atoms with Crippen LogP contribution in [0.25, 0.3) is 16.6 Å². The van der Waals surface area contributed by atoms with Gasteiger partial charge in [0.1, 0.15) is 11.6 Å². The van der Waals surface area contributed by atoms with Crippen LogP contribution in [0.5, 0.6) is 0 Å². The molecule has 0 saturated heterocycles. The first-order valence-corrected chi connectivity index (χ1v) is 13.1. The number of hydrogen-bond acceptors (Lipinski definition) is 3. The minimum absolute atomic E-state index is 0.162. The van der Waals surface area contributed by atoms with Crippen molar-refractivity contribution in [3.8, 4) is 5.69 Å². The van der Waals surface area contributed by atoms with Crippen LogP contribution in [0, 0.1) is 12.7 Å². The second kappa shape index (κ2) is 12.0. The Balaban J connectivity index is 1.89. The van der Waals surface area contributed by atoms with Gasteiger partial charge >= 0.3 is 0 Å². The lowest BCUT2D eigenvalue weighted by molar-refractivity contribution is 0.0654. The molecule has 0 aliphatic rings. The standard InChI is InChI=1S/C31H34FN3O2/c1-4-6-7-10-20-34(30(36)23-16-18-24(32)19-17-23)28(5-2)29-33-27-15-9-8-14-26(27)31(37)35(29)25-13-11-12-22(3)21-25/h8-9,11-19,21,28H,4-7,10,20H2,1-3H3. The highest BCUT2D eigenvalue weighted by Gasteiger charge is 2.29. The summed E-state index contributed by atoms with van der Waals surface area (Å²) >= 11 is 0. The molecule has 0 bridgehead atoms. The second-order valence-corrected chi connectivity index (χ2v) is 9.46. The summed E-state index contributed by atoms with van der Waals surface area (Å²) in [6.45, 7) is 6.66. The quantitative estimate of drug-likeness (QED) is 0.221. The van der Waals surface area contributed by atoms with Crippen LogP contribution in [0.3, 0.4) is 0 Å². The fraction of sp³-hybridized carbons (Fsp3) is 0.323. The van der Waals surface area contributed by atoms with E-state index in [0.717, 1.165) is 36.9 Å². The van der Waals surface area contributed by atoms with Gasteiger partial charge < -0.3 is 4.90 Å². The third-order valence-corrected chi connectivity index (χ3v) is 6.73. The molecule has 0 saturated carbocycles. The van der Waals surface area contributed by atoms with Gasteiger partial charge in [0.15, 0.2) is 0 Å². The first-order chi connectivity index (χ1) is 17.9. The Kier molecular flexibility index (Phi) is 8.49. The van der Waals surface area contributed by atoms with Crippen LogP contribution in [0.4, 0.5) is 4.39 Å². The topological polar surface area (TPSA) is 55.2 Å². The number of rotatable bonds is 10. The lowest BCUT2D eigenvalue weighted by Gasteiger charge is -2.32. The van der Waals surface area contributed by atoms with E-state index >= 15 is 0 Å². The minimum Gasteiger partial charge on any atom is -0.328 e. The van der Waals surface area contributed by atoms with Crippen molar-refractivity contribution >= 4 is 16.8 Å². The maximum absolute atomic E-state index is 13.9. The molecule has 0 N–H and O–H groups in total. The van der Waals surface area contributed by atoms with E-state index in [2.05, 4.69) is 6.92 Å². The zero-order valence-corrected chi connectivity index (χ0v) is 21.8. The average molecular weight is 500 g/mol. The number of benzene rings is 3. The normalized spacial score (nSPS) is 12.0. The molecule has 0 spiro atoms. The highest BCUT2D eigenvalue weighted by Crippen LogP contribution is 2.28. The maximum atomic E-state index is 13.9. The molecule has 1 heterocycles. The lowest BCUT2D eigenvalue weighted by Crippen LogP contribution is -2.39. The van der Waals surface area contributed by atoms with E-state index in [1.54, 1.807) is 10.6 Å². The van der Waals surface area contributed by atoms with Crippen LogP contribution in [0.15, 0.2) is 77.6 Å². The van der Waals surface area contributed by atoms with Crippen molar-refractivity contribution in [1.29, 1.82) is 0 Å². The van der Waals surface area contributed by atoms with Gasteiger partial charge in [-0.15, -0.1) is 0 Å². The van der Waals surface area contributed by atoms with Gasteiger partial charge in [-0.05, 0) is 73.9 Å². The molecule has 37 heavy (non-hydrogen) atoms. The van der Waals surface area contributed by atoms with Gasteiger partial charge in [-0.3, -0.25) is 14.2 Å². The number of halogens is 1. The van der Waals surface area contributed by atoms with E-state index in [1.807, 2.05) is 61.2 Å². The van der Waals surface area contributed by atoms with E-state index in [1.165, 1.54) is 24.3 Å². The summed E-state index contributed by atoms with van der Waals surface area (Å²) in [7, 11) is 0. The van der Waals surface area contributed by atoms with Gasteiger partial charge in [-0.2, -0.15) is 0 Å². The Morgan fingerprint density at radius 2 is 1.73 bits per heavy atom. The summed E-state index contributed by atoms with van der Waals surface area (Å²) in [6.07, 6.45) is 4.56. The number of carbonyl (C=O) groups excluding carboxylic acids is 1. The molecule has 1 unspecified atom stereocenters.